The number of carbonyl (C=O) groups excluding carboxylic acids is 1. The summed E-state index contributed by atoms with van der Waals surface area (Å²) in [6.07, 6.45) is 2.57. The third-order valence-corrected chi connectivity index (χ3v) is 3.79. The van der Waals surface area contributed by atoms with E-state index in [1.807, 2.05) is 6.92 Å². The highest BCUT2D eigenvalue weighted by Gasteiger charge is 2.17. The van der Waals surface area contributed by atoms with E-state index in [0.717, 1.165) is 24.3 Å². The average molecular weight is 316 g/mol. The Balaban J connectivity index is 1.88. The maximum atomic E-state index is 13.6. The van der Waals surface area contributed by atoms with Crippen molar-refractivity contribution in [3.63, 3.8) is 0 Å². The van der Waals surface area contributed by atoms with Crippen LogP contribution in [0, 0.1) is 12.7 Å². The summed E-state index contributed by atoms with van der Waals surface area (Å²) < 4.78 is 18.9. The van der Waals surface area contributed by atoms with E-state index in [1.165, 1.54) is 12.1 Å². The zero-order valence-electron chi connectivity index (χ0n) is 12.7. The van der Waals surface area contributed by atoms with Gasteiger partial charge in [-0.25, -0.2) is 14.4 Å². The zero-order chi connectivity index (χ0) is 16.4. The average Bonchev–Trinajstić information content (AvgIpc) is 3.01. The summed E-state index contributed by atoms with van der Waals surface area (Å²) in [5.74, 6) is -0.916. The topological polar surface area (TPSA) is 90.1 Å². The van der Waals surface area contributed by atoms with Crippen molar-refractivity contribution in [2.75, 3.05) is 18.5 Å². The van der Waals surface area contributed by atoms with E-state index in [-0.39, 0.29) is 11.6 Å². The molecule has 7 heteroatoms. The molecule has 1 fully saturated rings. The number of nitrogens with one attached hydrogen (secondary N) is 1. The molecule has 2 heterocycles. The number of nitrogens with zero attached hydrogens (tertiary/aromatic N) is 2. The van der Waals surface area contributed by atoms with Gasteiger partial charge in [-0.05, 0) is 31.0 Å². The first kappa shape index (κ1) is 15.4. The number of hydrogen-bond donors (Lipinski definition) is 2. The molecule has 1 amide bonds. The van der Waals surface area contributed by atoms with Gasteiger partial charge in [-0.1, -0.05) is 6.07 Å². The summed E-state index contributed by atoms with van der Waals surface area (Å²) in [5.41, 5.74) is 7.13. The minimum atomic E-state index is -0.803. The Morgan fingerprint density at radius 2 is 2.30 bits per heavy atom. The molecule has 1 aromatic carbocycles. The van der Waals surface area contributed by atoms with Crippen LogP contribution in [0.4, 0.5) is 10.3 Å². The summed E-state index contributed by atoms with van der Waals surface area (Å²) in [7, 11) is 0. The van der Waals surface area contributed by atoms with Gasteiger partial charge in [0.25, 0.3) is 5.91 Å². The number of primary amides is 1. The summed E-state index contributed by atoms with van der Waals surface area (Å²) in [6.45, 7) is 3.21. The number of benzene rings is 1. The van der Waals surface area contributed by atoms with Gasteiger partial charge in [0.2, 0.25) is 5.95 Å². The Kier molecular flexibility index (Phi) is 4.20. The number of nitrogens with two attached hydrogens (primary N) is 1. The van der Waals surface area contributed by atoms with E-state index in [9.17, 15) is 9.18 Å². The Morgan fingerprint density at radius 3 is 2.96 bits per heavy atom. The van der Waals surface area contributed by atoms with Gasteiger partial charge >= 0.3 is 0 Å². The van der Waals surface area contributed by atoms with Gasteiger partial charge in [-0.3, -0.25) is 4.79 Å². The molecule has 120 valence electrons. The van der Waals surface area contributed by atoms with Crippen molar-refractivity contribution >= 4 is 11.9 Å². The number of anilines is 1. The van der Waals surface area contributed by atoms with Crippen molar-refractivity contribution < 1.29 is 13.9 Å². The largest absolute Gasteiger partial charge is 0.379 e. The predicted molar refractivity (Wildman–Crippen MR) is 83.5 cm³/mol. The van der Waals surface area contributed by atoms with Gasteiger partial charge in [0.15, 0.2) is 0 Å². The first-order chi connectivity index (χ1) is 11.0. The molecule has 0 aliphatic carbocycles. The maximum Gasteiger partial charge on any atom is 0.251 e. The van der Waals surface area contributed by atoms with Crippen molar-refractivity contribution in [2.24, 2.45) is 5.73 Å². The first-order valence-electron chi connectivity index (χ1n) is 7.32. The molecule has 3 N–H and O–H groups in total. The fourth-order valence-corrected chi connectivity index (χ4v) is 2.53. The molecule has 6 nitrogen and oxygen atoms in total. The van der Waals surface area contributed by atoms with Gasteiger partial charge in [-0.15, -0.1) is 0 Å². The Morgan fingerprint density at radius 1 is 1.48 bits per heavy atom. The van der Waals surface area contributed by atoms with Crippen molar-refractivity contribution in [3.8, 4) is 11.1 Å². The fraction of sp³-hybridized carbons (Fsp3) is 0.312. The second-order valence-electron chi connectivity index (χ2n) is 5.46. The van der Waals surface area contributed by atoms with Gasteiger partial charge in [0.05, 0.1) is 23.9 Å². The normalized spacial score (nSPS) is 17.2. The lowest BCUT2D eigenvalue weighted by Crippen LogP contribution is -2.20. The second kappa shape index (κ2) is 6.29. The number of carbonyl (C=O) groups is 1. The molecule has 0 spiro atoms. The Hall–Kier alpha value is -2.54. The highest BCUT2D eigenvalue weighted by Crippen LogP contribution is 2.25. The lowest BCUT2D eigenvalue weighted by molar-refractivity contribution is 0.0996. The van der Waals surface area contributed by atoms with E-state index in [0.29, 0.717) is 18.1 Å². The van der Waals surface area contributed by atoms with Crippen molar-refractivity contribution in [1.29, 1.82) is 0 Å². The lowest BCUT2D eigenvalue weighted by atomic mass is 10.0. The van der Waals surface area contributed by atoms with Crippen LogP contribution in [-0.2, 0) is 4.74 Å². The molecule has 0 radical (unpaired) electrons. The third-order valence-electron chi connectivity index (χ3n) is 3.79. The minimum Gasteiger partial charge on any atom is -0.379 e. The summed E-state index contributed by atoms with van der Waals surface area (Å²) in [4.78, 5) is 20.0. The van der Waals surface area contributed by atoms with Crippen LogP contribution in [0.3, 0.4) is 0 Å². The van der Waals surface area contributed by atoms with Crippen LogP contribution in [0.5, 0.6) is 0 Å². The zero-order valence-corrected chi connectivity index (χ0v) is 12.7. The molecule has 1 aliphatic rings. The third kappa shape index (κ3) is 3.29. The molecular formula is C16H17FN4O2. The van der Waals surface area contributed by atoms with E-state index in [4.69, 9.17) is 10.5 Å². The Labute approximate surface area is 132 Å². The molecule has 1 unspecified atom stereocenters. The molecule has 0 bridgehead atoms. The number of rotatable bonds is 4. The quantitative estimate of drug-likeness (QED) is 0.899. The van der Waals surface area contributed by atoms with Gasteiger partial charge < -0.3 is 15.8 Å². The number of amides is 1. The number of hydrogen-bond acceptors (Lipinski definition) is 5. The molecule has 0 saturated carbocycles. The van der Waals surface area contributed by atoms with E-state index in [1.54, 1.807) is 12.3 Å². The minimum absolute atomic E-state index is 0.146. The molecular weight excluding hydrogens is 299 g/mol. The molecule has 2 aromatic rings. The summed E-state index contributed by atoms with van der Waals surface area (Å²) in [5, 5.41) is 3.22. The van der Waals surface area contributed by atoms with Crippen molar-refractivity contribution in [1.82, 2.24) is 9.97 Å². The van der Waals surface area contributed by atoms with Crippen molar-refractivity contribution in [2.45, 2.75) is 19.4 Å². The van der Waals surface area contributed by atoms with Crippen LogP contribution in [0.1, 0.15) is 22.5 Å². The SMILES string of the molecule is Cc1nc(NC2CCOC2)ncc1-c1ccc(F)c(C(N)=O)c1. The lowest BCUT2D eigenvalue weighted by Gasteiger charge is -2.12. The smallest absolute Gasteiger partial charge is 0.251 e. The highest BCUT2D eigenvalue weighted by atomic mass is 19.1. The van der Waals surface area contributed by atoms with Crippen LogP contribution in [0.2, 0.25) is 0 Å². The van der Waals surface area contributed by atoms with Crippen LogP contribution in [-0.4, -0.2) is 35.1 Å². The van der Waals surface area contributed by atoms with Crippen LogP contribution < -0.4 is 11.1 Å². The predicted octanol–water partition coefficient (Wildman–Crippen LogP) is 1.89. The fourth-order valence-electron chi connectivity index (χ4n) is 2.53. The van der Waals surface area contributed by atoms with E-state index >= 15 is 0 Å². The number of aryl methyl sites for hydroxylation is 1. The highest BCUT2D eigenvalue weighted by molar-refractivity contribution is 5.94. The molecule has 3 rings (SSSR count). The summed E-state index contributed by atoms with van der Waals surface area (Å²) in [6, 6.07) is 4.43. The van der Waals surface area contributed by atoms with Crippen LogP contribution >= 0.6 is 0 Å². The van der Waals surface area contributed by atoms with Gasteiger partial charge in [0.1, 0.15) is 5.82 Å². The van der Waals surface area contributed by atoms with E-state index < -0.39 is 11.7 Å². The second-order valence-corrected chi connectivity index (χ2v) is 5.46. The molecule has 23 heavy (non-hydrogen) atoms. The monoisotopic (exact) mass is 316 g/mol. The first-order valence-corrected chi connectivity index (χ1v) is 7.32. The Bertz CT molecular complexity index is 745. The molecule has 1 aromatic heterocycles. The maximum absolute atomic E-state index is 13.6. The molecule has 1 saturated heterocycles. The summed E-state index contributed by atoms with van der Waals surface area (Å²) >= 11 is 0. The standard InChI is InChI=1S/C16H17FN4O2/c1-9-13(10-2-3-14(17)12(6-10)15(18)22)7-19-16(20-9)21-11-4-5-23-8-11/h2-3,6-7,11H,4-5,8H2,1H3,(H2,18,22)(H,19,20,21). The molecule has 1 aliphatic heterocycles. The van der Waals surface area contributed by atoms with Gasteiger partial charge in [-0.2, -0.15) is 0 Å². The number of ether oxygens (including phenoxy) is 1. The number of halogens is 1. The van der Waals surface area contributed by atoms with Crippen LogP contribution in [0.15, 0.2) is 24.4 Å². The van der Waals surface area contributed by atoms with E-state index in [2.05, 4.69) is 15.3 Å². The van der Waals surface area contributed by atoms with Gasteiger partial charge in [0, 0.05) is 18.4 Å². The van der Waals surface area contributed by atoms with Crippen LogP contribution in [0.25, 0.3) is 11.1 Å². The molecule has 1 atom stereocenters. The van der Waals surface area contributed by atoms with Crippen molar-refractivity contribution in [3.05, 3.63) is 41.5 Å². The number of aromatic nitrogens is 2.